The van der Waals surface area contributed by atoms with Gasteiger partial charge in [-0.3, -0.25) is 0 Å². The van der Waals surface area contributed by atoms with E-state index in [1.165, 1.54) is 170 Å². The van der Waals surface area contributed by atoms with Gasteiger partial charge in [-0.2, -0.15) is 0 Å². The maximum Gasteiger partial charge on any atom is 0.0619 e. The SMILES string of the molecule is c1ccc(-c2c3ccccc3c(-c3ccc(-c4ccc5c(c4)c4ccccc4n5-c4ccccc4)cc3)c3ccccc23)cc1.c1ccc(-c2c3ccccc3c(-c3ccc(-n4c5ccccc5c5cc(-c6ccccc6)c6ccccc6c54)cc3)c3ccccc23)cc1. The molecule has 2 heteroatoms. The molecule has 0 aliphatic carbocycles. The molecule has 0 aliphatic heterocycles. The highest BCUT2D eigenvalue weighted by atomic mass is 15.0. The fraction of sp³-hybridized carbons (Fsp3) is 0. The summed E-state index contributed by atoms with van der Waals surface area (Å²) in [5, 5.41) is 17.8. The Morgan fingerprint density at radius 2 is 0.447 bits per heavy atom. The van der Waals surface area contributed by atoms with Crippen molar-refractivity contribution >= 4 is 97.5 Å². The smallest absolute Gasteiger partial charge is 0.0619 e. The lowest BCUT2D eigenvalue weighted by Gasteiger charge is -2.18. The molecule has 0 aliphatic rings. The number of benzene rings is 17. The Hall–Kier alpha value is -12.4. The molecule has 0 spiro atoms. The van der Waals surface area contributed by atoms with Crippen molar-refractivity contribution in [2.75, 3.05) is 0 Å². The van der Waals surface area contributed by atoms with Gasteiger partial charge in [0.25, 0.3) is 0 Å². The standard InChI is InChI=1S/C48H31N.C44H29N/c1-3-15-32(16-4-1)43-31-44-37-20-13-14-26-45(37)49(48(44)42-25-12-7-19-36(42)43)35-29-27-34(28-30-35)47-40-23-10-8-21-38(40)46(33-17-5-2-6-18-33)39-22-9-11-24-41(39)47;1-3-13-31(14-4-1)43-36-18-7-9-20-38(36)44(39-21-10-8-19-37(39)43)32-25-23-30(24-26-32)33-27-28-42-40(29-33)35-17-11-12-22-41(35)45(42)34-15-5-2-6-16-34/h1-31H;1-29H. The molecule has 0 bridgehead atoms. The van der Waals surface area contributed by atoms with Crippen LogP contribution in [0.25, 0.3) is 176 Å². The second-order valence-corrected chi connectivity index (χ2v) is 24.5. The van der Waals surface area contributed by atoms with Crippen molar-refractivity contribution in [2.24, 2.45) is 0 Å². The fourth-order valence-electron chi connectivity index (χ4n) is 15.3. The van der Waals surface area contributed by atoms with Gasteiger partial charge in [-0.1, -0.05) is 309 Å². The minimum atomic E-state index is 1.15. The largest absolute Gasteiger partial charge is 0.309 e. The Morgan fingerprint density at radius 1 is 0.149 bits per heavy atom. The third-order valence-electron chi connectivity index (χ3n) is 19.4. The molecule has 2 aromatic heterocycles. The van der Waals surface area contributed by atoms with Crippen LogP contribution >= 0.6 is 0 Å². The van der Waals surface area contributed by atoms with Crippen molar-refractivity contribution in [3.63, 3.8) is 0 Å². The summed E-state index contributed by atoms with van der Waals surface area (Å²) in [6.45, 7) is 0. The van der Waals surface area contributed by atoms with E-state index in [9.17, 15) is 0 Å². The van der Waals surface area contributed by atoms with Gasteiger partial charge in [-0.05, 0) is 170 Å². The highest BCUT2D eigenvalue weighted by molar-refractivity contribution is 6.25. The number of aromatic nitrogens is 2. The van der Waals surface area contributed by atoms with E-state index < -0.39 is 0 Å². The zero-order valence-electron chi connectivity index (χ0n) is 51.5. The second kappa shape index (κ2) is 22.8. The molecule has 438 valence electrons. The van der Waals surface area contributed by atoms with E-state index in [2.05, 4.69) is 373 Å². The van der Waals surface area contributed by atoms with Crippen molar-refractivity contribution in [2.45, 2.75) is 0 Å². The van der Waals surface area contributed by atoms with Crippen molar-refractivity contribution in [3.05, 3.63) is 364 Å². The number of hydrogen-bond donors (Lipinski definition) is 0. The molecule has 0 N–H and O–H groups in total. The molecule has 0 atom stereocenters. The van der Waals surface area contributed by atoms with Crippen LogP contribution in [0.15, 0.2) is 364 Å². The molecule has 0 radical (unpaired) electrons. The molecule has 2 heterocycles. The van der Waals surface area contributed by atoms with Gasteiger partial charge in [-0.25, -0.2) is 0 Å². The van der Waals surface area contributed by atoms with Crippen LogP contribution < -0.4 is 0 Å². The van der Waals surface area contributed by atoms with Crippen LogP contribution in [-0.2, 0) is 0 Å². The zero-order chi connectivity index (χ0) is 62.1. The summed E-state index contributed by atoms with van der Waals surface area (Å²) in [6, 6.07) is 132. The first-order chi connectivity index (χ1) is 46.7. The molecular weight excluding hydrogens is 1130 g/mol. The molecule has 2 nitrogen and oxygen atoms in total. The zero-order valence-corrected chi connectivity index (χ0v) is 51.5. The van der Waals surface area contributed by atoms with E-state index in [1.807, 2.05) is 0 Å². The van der Waals surface area contributed by atoms with Gasteiger partial charge in [0.2, 0.25) is 0 Å². The number of rotatable bonds is 8. The summed E-state index contributed by atoms with van der Waals surface area (Å²) in [5.41, 5.74) is 22.3. The van der Waals surface area contributed by atoms with Crippen molar-refractivity contribution in [1.29, 1.82) is 0 Å². The van der Waals surface area contributed by atoms with Crippen molar-refractivity contribution < 1.29 is 0 Å². The molecule has 19 rings (SSSR count). The maximum atomic E-state index is 2.46. The van der Waals surface area contributed by atoms with E-state index >= 15 is 0 Å². The summed E-state index contributed by atoms with van der Waals surface area (Å²) in [6.07, 6.45) is 0. The van der Waals surface area contributed by atoms with Crippen molar-refractivity contribution in [1.82, 2.24) is 9.13 Å². The highest BCUT2D eigenvalue weighted by Crippen LogP contribution is 2.48. The molecule has 0 saturated heterocycles. The molecule has 0 saturated carbocycles. The molecular formula is C92H60N2. The Kier molecular flexibility index (Phi) is 13.3. The van der Waals surface area contributed by atoms with E-state index in [-0.39, 0.29) is 0 Å². The molecule has 94 heavy (non-hydrogen) atoms. The lowest BCUT2D eigenvalue weighted by Crippen LogP contribution is -1.95. The van der Waals surface area contributed by atoms with Gasteiger partial charge >= 0.3 is 0 Å². The van der Waals surface area contributed by atoms with Crippen LogP contribution in [0.4, 0.5) is 0 Å². The predicted molar refractivity (Wildman–Crippen MR) is 402 cm³/mol. The van der Waals surface area contributed by atoms with Crippen LogP contribution in [0.5, 0.6) is 0 Å². The molecule has 0 amide bonds. The summed E-state index contributed by atoms with van der Waals surface area (Å²) >= 11 is 0. The van der Waals surface area contributed by atoms with Gasteiger partial charge in [0, 0.05) is 38.3 Å². The average molecular weight is 1190 g/mol. The summed E-state index contributed by atoms with van der Waals surface area (Å²) < 4.78 is 4.83. The topological polar surface area (TPSA) is 9.86 Å². The van der Waals surface area contributed by atoms with Gasteiger partial charge in [0.05, 0.1) is 22.1 Å². The quantitative estimate of drug-likeness (QED) is 0.134. The fourth-order valence-corrected chi connectivity index (χ4v) is 15.3. The Balaban J connectivity index is 0.000000138. The van der Waals surface area contributed by atoms with Gasteiger partial charge in [0.15, 0.2) is 0 Å². The first-order valence-electron chi connectivity index (χ1n) is 32.5. The van der Waals surface area contributed by atoms with Crippen molar-refractivity contribution in [3.8, 4) is 78.1 Å². The highest BCUT2D eigenvalue weighted by Gasteiger charge is 2.22. The lowest BCUT2D eigenvalue weighted by atomic mass is 9.86. The van der Waals surface area contributed by atoms with Crippen LogP contribution in [0.2, 0.25) is 0 Å². The number of nitrogens with zero attached hydrogens (tertiary/aromatic N) is 2. The third-order valence-corrected chi connectivity index (χ3v) is 19.4. The van der Waals surface area contributed by atoms with E-state index in [1.54, 1.807) is 0 Å². The van der Waals surface area contributed by atoms with Crippen LogP contribution in [0.3, 0.4) is 0 Å². The Morgan fingerprint density at radius 3 is 0.904 bits per heavy atom. The van der Waals surface area contributed by atoms with Gasteiger partial charge in [0.1, 0.15) is 0 Å². The van der Waals surface area contributed by atoms with E-state index in [4.69, 9.17) is 0 Å². The van der Waals surface area contributed by atoms with Gasteiger partial charge in [-0.15, -0.1) is 0 Å². The number of para-hydroxylation sites is 3. The van der Waals surface area contributed by atoms with Crippen LogP contribution in [0, 0.1) is 0 Å². The predicted octanol–water partition coefficient (Wildman–Crippen LogP) is 25.3. The average Bonchev–Trinajstić information content (AvgIpc) is 1.76. The summed E-state index contributed by atoms with van der Waals surface area (Å²) in [4.78, 5) is 0. The molecule has 17 aromatic carbocycles. The lowest BCUT2D eigenvalue weighted by molar-refractivity contribution is 1.18. The Labute approximate surface area is 545 Å². The Bertz CT molecular complexity index is 5990. The minimum absolute atomic E-state index is 1.15. The summed E-state index contributed by atoms with van der Waals surface area (Å²) in [7, 11) is 0. The van der Waals surface area contributed by atoms with E-state index in [0.29, 0.717) is 0 Å². The van der Waals surface area contributed by atoms with Gasteiger partial charge < -0.3 is 9.13 Å². The van der Waals surface area contributed by atoms with Crippen LogP contribution in [-0.4, -0.2) is 9.13 Å². The molecule has 0 fully saturated rings. The number of fused-ring (bicyclic) bond motifs is 12. The third kappa shape index (κ3) is 9.02. The number of hydrogen-bond acceptors (Lipinski definition) is 0. The molecule has 19 aromatic rings. The van der Waals surface area contributed by atoms with Crippen LogP contribution in [0.1, 0.15) is 0 Å². The van der Waals surface area contributed by atoms with E-state index in [0.717, 1.165) is 5.69 Å². The minimum Gasteiger partial charge on any atom is -0.309 e. The normalized spacial score (nSPS) is 11.6. The second-order valence-electron chi connectivity index (χ2n) is 24.5. The molecule has 0 unspecified atom stereocenters. The first-order valence-corrected chi connectivity index (χ1v) is 32.5. The first kappa shape index (κ1) is 54.6. The monoisotopic (exact) mass is 1190 g/mol. The maximum absolute atomic E-state index is 2.46. The summed E-state index contributed by atoms with van der Waals surface area (Å²) in [5.74, 6) is 0.